The number of rotatable bonds is 3. The highest BCUT2D eigenvalue weighted by Gasteiger charge is 2.43. The Labute approximate surface area is 129 Å². The minimum atomic E-state index is -4.53. The molecule has 22 heavy (non-hydrogen) atoms. The lowest BCUT2D eigenvalue weighted by molar-refractivity contribution is -0.143. The highest BCUT2D eigenvalue weighted by atomic mass is 32.3. The number of benzene rings is 1. The van der Waals surface area contributed by atoms with Crippen molar-refractivity contribution in [3.63, 3.8) is 0 Å². The average Bonchev–Trinajstić information content (AvgIpc) is 2.76. The van der Waals surface area contributed by atoms with Crippen LogP contribution in [0.4, 0.5) is 0 Å². The summed E-state index contributed by atoms with van der Waals surface area (Å²) in [4.78, 5) is 11.1. The Balaban J connectivity index is 1.87. The van der Waals surface area contributed by atoms with Crippen LogP contribution in [0.1, 0.15) is 43.2 Å². The molecule has 0 atom stereocenters. The zero-order valence-electron chi connectivity index (χ0n) is 12.0. The van der Waals surface area contributed by atoms with Gasteiger partial charge in [-0.05, 0) is 67.2 Å². The fourth-order valence-electron chi connectivity index (χ4n) is 3.89. The lowest BCUT2D eigenvalue weighted by Gasteiger charge is -2.37. The molecule has 1 spiro atoms. The van der Waals surface area contributed by atoms with Gasteiger partial charge in [0.1, 0.15) is 5.75 Å². The third-order valence-corrected chi connectivity index (χ3v) is 5.42. The molecule has 0 amide bonds. The van der Waals surface area contributed by atoms with Crippen LogP contribution in [0.2, 0.25) is 0 Å². The minimum Gasteiger partial charge on any atom is -0.481 e. The summed E-state index contributed by atoms with van der Waals surface area (Å²) in [6, 6.07) is 5.04. The number of hydrogen-bond donors (Lipinski definition) is 2. The molecule has 6 nitrogen and oxygen atoms in total. The molecular weight excluding hydrogens is 308 g/mol. The quantitative estimate of drug-likeness (QED) is 0.827. The zero-order chi connectivity index (χ0) is 16.0. The molecule has 2 N–H and O–H groups in total. The highest BCUT2D eigenvalue weighted by Crippen LogP contribution is 2.50. The number of aliphatic carboxylic acids is 1. The second kappa shape index (κ2) is 5.24. The SMILES string of the molecule is O=C(O)C1CCC2(CCc3ccc(OS(=O)(=O)O)cc32)CC1. The molecule has 120 valence electrons. The Hall–Kier alpha value is -1.60. The number of carbonyl (C=O) groups is 1. The predicted molar refractivity (Wildman–Crippen MR) is 78.2 cm³/mol. The first-order valence-corrected chi connectivity index (χ1v) is 8.69. The fraction of sp³-hybridized carbons (Fsp3) is 0.533. The van der Waals surface area contributed by atoms with E-state index in [-0.39, 0.29) is 17.1 Å². The Morgan fingerprint density at radius 3 is 2.50 bits per heavy atom. The predicted octanol–water partition coefficient (Wildman–Crippen LogP) is 2.33. The Kier molecular flexibility index (Phi) is 3.65. The maximum Gasteiger partial charge on any atom is 0.446 e. The van der Waals surface area contributed by atoms with E-state index in [1.807, 2.05) is 6.07 Å². The van der Waals surface area contributed by atoms with Crippen LogP contribution in [-0.2, 0) is 27.0 Å². The maximum atomic E-state index is 11.1. The molecule has 0 saturated heterocycles. The van der Waals surface area contributed by atoms with Crippen molar-refractivity contribution >= 4 is 16.4 Å². The number of hydrogen-bond acceptors (Lipinski definition) is 4. The van der Waals surface area contributed by atoms with Crippen molar-refractivity contribution in [1.82, 2.24) is 0 Å². The topological polar surface area (TPSA) is 101 Å². The van der Waals surface area contributed by atoms with Gasteiger partial charge in [-0.25, -0.2) is 0 Å². The normalized spacial score (nSPS) is 27.6. The van der Waals surface area contributed by atoms with E-state index in [2.05, 4.69) is 4.18 Å². The molecule has 0 heterocycles. The first-order chi connectivity index (χ1) is 10.3. The largest absolute Gasteiger partial charge is 0.481 e. The van der Waals surface area contributed by atoms with E-state index in [0.717, 1.165) is 36.8 Å². The molecule has 1 aromatic carbocycles. The van der Waals surface area contributed by atoms with Crippen molar-refractivity contribution in [1.29, 1.82) is 0 Å². The van der Waals surface area contributed by atoms with Crippen LogP contribution in [-0.4, -0.2) is 24.0 Å². The van der Waals surface area contributed by atoms with Crippen molar-refractivity contribution in [3.8, 4) is 5.75 Å². The van der Waals surface area contributed by atoms with Crippen LogP contribution in [0.25, 0.3) is 0 Å². The van der Waals surface area contributed by atoms with E-state index < -0.39 is 16.4 Å². The van der Waals surface area contributed by atoms with Crippen LogP contribution in [0.5, 0.6) is 5.75 Å². The summed E-state index contributed by atoms with van der Waals surface area (Å²) < 4.78 is 35.1. The second-order valence-corrected chi connectivity index (χ2v) is 7.24. The van der Waals surface area contributed by atoms with Gasteiger partial charge in [-0.15, -0.1) is 0 Å². The molecule has 1 aromatic rings. The van der Waals surface area contributed by atoms with Crippen molar-refractivity contribution in [2.45, 2.75) is 43.9 Å². The minimum absolute atomic E-state index is 0.0835. The molecular formula is C15H18O6S. The lowest BCUT2D eigenvalue weighted by Crippen LogP contribution is -2.32. The van der Waals surface area contributed by atoms with Gasteiger partial charge in [-0.2, -0.15) is 8.42 Å². The third-order valence-electron chi connectivity index (χ3n) is 5.02. The lowest BCUT2D eigenvalue weighted by atomic mass is 9.67. The number of carboxylic acids is 1. The van der Waals surface area contributed by atoms with Gasteiger partial charge < -0.3 is 9.29 Å². The molecule has 0 bridgehead atoms. The molecule has 1 fully saturated rings. The molecule has 1 saturated carbocycles. The molecule has 0 radical (unpaired) electrons. The second-order valence-electron chi connectivity index (χ2n) is 6.22. The first-order valence-electron chi connectivity index (χ1n) is 7.32. The summed E-state index contributed by atoms with van der Waals surface area (Å²) in [5.41, 5.74) is 2.11. The summed E-state index contributed by atoms with van der Waals surface area (Å²) in [5.74, 6) is -0.925. The van der Waals surface area contributed by atoms with Crippen LogP contribution < -0.4 is 4.18 Å². The van der Waals surface area contributed by atoms with E-state index in [0.29, 0.717) is 12.8 Å². The Morgan fingerprint density at radius 1 is 1.23 bits per heavy atom. The van der Waals surface area contributed by atoms with E-state index in [9.17, 15) is 13.2 Å². The van der Waals surface area contributed by atoms with Gasteiger partial charge in [0, 0.05) is 0 Å². The summed E-state index contributed by atoms with van der Waals surface area (Å²) in [6.45, 7) is 0. The van der Waals surface area contributed by atoms with Gasteiger partial charge in [0.15, 0.2) is 0 Å². The van der Waals surface area contributed by atoms with Crippen LogP contribution in [0, 0.1) is 5.92 Å². The zero-order valence-corrected chi connectivity index (χ0v) is 12.8. The molecule has 3 rings (SSSR count). The Bertz CT molecular complexity index is 701. The van der Waals surface area contributed by atoms with Crippen LogP contribution >= 0.6 is 0 Å². The van der Waals surface area contributed by atoms with Gasteiger partial charge in [0.05, 0.1) is 5.92 Å². The van der Waals surface area contributed by atoms with Crippen LogP contribution in [0.15, 0.2) is 18.2 Å². The monoisotopic (exact) mass is 326 g/mol. The van der Waals surface area contributed by atoms with E-state index in [1.165, 1.54) is 6.07 Å². The summed E-state index contributed by atoms with van der Waals surface area (Å²) in [6.07, 6.45) is 4.69. The van der Waals surface area contributed by atoms with Gasteiger partial charge in [-0.3, -0.25) is 9.35 Å². The third kappa shape index (κ3) is 2.83. The molecule has 0 unspecified atom stereocenters. The van der Waals surface area contributed by atoms with Gasteiger partial charge in [0.25, 0.3) is 0 Å². The number of aryl methyl sites for hydroxylation is 1. The van der Waals surface area contributed by atoms with Crippen molar-refractivity contribution < 1.29 is 27.1 Å². The number of fused-ring (bicyclic) bond motifs is 2. The fourth-order valence-corrected chi connectivity index (χ4v) is 4.23. The summed E-state index contributed by atoms with van der Waals surface area (Å²) in [5, 5.41) is 9.12. The first kappa shape index (κ1) is 15.3. The Morgan fingerprint density at radius 2 is 1.91 bits per heavy atom. The van der Waals surface area contributed by atoms with Gasteiger partial charge in [-0.1, -0.05) is 6.07 Å². The standard InChI is InChI=1S/C15H18O6S/c16-14(17)11-4-7-15(8-5-11)6-3-10-1-2-12(9-13(10)15)21-22(18,19)20/h1-2,9,11H,3-8H2,(H,16,17)(H,18,19,20). The molecule has 7 heteroatoms. The van der Waals surface area contributed by atoms with Crippen molar-refractivity contribution in [2.75, 3.05) is 0 Å². The molecule has 0 aliphatic heterocycles. The molecule has 2 aliphatic carbocycles. The maximum absolute atomic E-state index is 11.1. The smallest absolute Gasteiger partial charge is 0.446 e. The van der Waals surface area contributed by atoms with Crippen molar-refractivity contribution in [3.05, 3.63) is 29.3 Å². The highest BCUT2D eigenvalue weighted by molar-refractivity contribution is 7.81. The van der Waals surface area contributed by atoms with E-state index in [1.54, 1.807) is 6.07 Å². The molecule has 0 aromatic heterocycles. The van der Waals surface area contributed by atoms with E-state index >= 15 is 0 Å². The van der Waals surface area contributed by atoms with E-state index in [4.69, 9.17) is 9.66 Å². The van der Waals surface area contributed by atoms with Gasteiger partial charge in [0.2, 0.25) is 0 Å². The van der Waals surface area contributed by atoms with Crippen LogP contribution in [0.3, 0.4) is 0 Å². The van der Waals surface area contributed by atoms with Gasteiger partial charge >= 0.3 is 16.4 Å². The van der Waals surface area contributed by atoms with Crippen molar-refractivity contribution in [2.24, 2.45) is 5.92 Å². The summed E-state index contributed by atoms with van der Waals surface area (Å²) in [7, 11) is -4.53. The molecule has 2 aliphatic rings. The number of carboxylic acid groups (broad SMARTS) is 1. The average molecular weight is 326 g/mol. The summed E-state index contributed by atoms with van der Waals surface area (Å²) >= 11 is 0.